The van der Waals surface area contributed by atoms with E-state index in [4.69, 9.17) is 4.74 Å². The third-order valence-corrected chi connectivity index (χ3v) is 3.95. The molecule has 1 aliphatic rings. The molecular formula is C19H24O2. The highest BCUT2D eigenvalue weighted by molar-refractivity contribution is 5.64. The van der Waals surface area contributed by atoms with Gasteiger partial charge in [0.05, 0.1) is 7.11 Å². The molecule has 1 aromatic rings. The predicted molar refractivity (Wildman–Crippen MR) is 88.6 cm³/mol. The minimum Gasteiger partial charge on any atom is -0.508 e. The summed E-state index contributed by atoms with van der Waals surface area (Å²) < 4.78 is 5.21. The van der Waals surface area contributed by atoms with E-state index in [0.29, 0.717) is 5.76 Å². The first-order valence-electron chi connectivity index (χ1n) is 7.38. The molecule has 1 aliphatic carbocycles. The molecule has 0 aromatic heterocycles. The Morgan fingerprint density at radius 2 is 2.05 bits per heavy atom. The molecule has 112 valence electrons. The summed E-state index contributed by atoms with van der Waals surface area (Å²) in [5.74, 6) is 1.13. The van der Waals surface area contributed by atoms with Crippen LogP contribution in [0.2, 0.25) is 0 Å². The molecule has 0 amide bonds. The van der Waals surface area contributed by atoms with Gasteiger partial charge in [0.15, 0.2) is 0 Å². The van der Waals surface area contributed by atoms with Gasteiger partial charge >= 0.3 is 0 Å². The first-order valence-corrected chi connectivity index (χ1v) is 7.38. The van der Waals surface area contributed by atoms with Crippen molar-refractivity contribution in [3.63, 3.8) is 0 Å². The number of benzene rings is 1. The van der Waals surface area contributed by atoms with Gasteiger partial charge in [0.25, 0.3) is 0 Å². The molecule has 0 spiro atoms. The van der Waals surface area contributed by atoms with Crippen LogP contribution in [-0.2, 0) is 0 Å². The minimum atomic E-state index is -0.187. The first kappa shape index (κ1) is 15.4. The lowest BCUT2D eigenvalue weighted by Gasteiger charge is -2.25. The number of allylic oxidation sites excluding steroid dienone is 5. The third kappa shape index (κ3) is 3.57. The summed E-state index contributed by atoms with van der Waals surface area (Å²) in [5, 5.41) is 10.5. The largest absolute Gasteiger partial charge is 0.508 e. The van der Waals surface area contributed by atoms with Crippen molar-refractivity contribution in [1.29, 1.82) is 0 Å². The topological polar surface area (TPSA) is 29.5 Å². The van der Waals surface area contributed by atoms with Crippen LogP contribution in [0.5, 0.6) is 5.75 Å². The molecule has 0 bridgehead atoms. The Kier molecular flexibility index (Phi) is 4.56. The highest BCUT2D eigenvalue weighted by Crippen LogP contribution is 2.34. The fourth-order valence-corrected chi connectivity index (χ4v) is 2.64. The maximum Gasteiger partial charge on any atom is 0.119 e. The Morgan fingerprint density at radius 3 is 2.62 bits per heavy atom. The van der Waals surface area contributed by atoms with Gasteiger partial charge in [0, 0.05) is 11.0 Å². The van der Waals surface area contributed by atoms with Gasteiger partial charge in [-0.1, -0.05) is 32.1 Å². The van der Waals surface area contributed by atoms with Crippen LogP contribution >= 0.6 is 0 Å². The van der Waals surface area contributed by atoms with Crippen molar-refractivity contribution in [2.75, 3.05) is 7.11 Å². The van der Waals surface area contributed by atoms with Crippen molar-refractivity contribution in [2.24, 2.45) is 5.41 Å². The van der Waals surface area contributed by atoms with E-state index in [1.165, 1.54) is 5.57 Å². The average molecular weight is 284 g/mol. The molecule has 0 heterocycles. The smallest absolute Gasteiger partial charge is 0.119 e. The molecule has 0 radical (unpaired) electrons. The van der Waals surface area contributed by atoms with Gasteiger partial charge in [0.2, 0.25) is 0 Å². The molecule has 2 heteroatoms. The van der Waals surface area contributed by atoms with E-state index in [9.17, 15) is 5.11 Å². The number of hydrogen-bond donors (Lipinski definition) is 1. The molecular weight excluding hydrogens is 260 g/mol. The van der Waals surface area contributed by atoms with Crippen LogP contribution < -0.4 is 4.74 Å². The zero-order valence-electron chi connectivity index (χ0n) is 13.3. The number of rotatable bonds is 4. The third-order valence-electron chi connectivity index (χ3n) is 3.95. The number of aliphatic hydroxyl groups is 1. The Hall–Kier alpha value is -1.96. The van der Waals surface area contributed by atoms with E-state index in [1.54, 1.807) is 7.11 Å². The highest BCUT2D eigenvalue weighted by atomic mass is 16.5. The van der Waals surface area contributed by atoms with Crippen LogP contribution in [0.1, 0.15) is 37.8 Å². The molecule has 0 saturated carbocycles. The summed E-state index contributed by atoms with van der Waals surface area (Å²) >= 11 is 0. The van der Waals surface area contributed by atoms with E-state index < -0.39 is 0 Å². The molecule has 1 N–H and O–H groups in total. The van der Waals surface area contributed by atoms with Gasteiger partial charge in [0.1, 0.15) is 11.5 Å². The normalized spacial score (nSPS) is 15.8. The van der Waals surface area contributed by atoms with Crippen molar-refractivity contribution >= 4 is 5.76 Å². The maximum atomic E-state index is 10.5. The number of hydrogen-bond acceptors (Lipinski definition) is 2. The molecule has 0 fully saturated rings. The summed E-state index contributed by atoms with van der Waals surface area (Å²) in [6, 6.07) is 5.71. The van der Waals surface area contributed by atoms with Gasteiger partial charge in [-0.15, -0.1) is 0 Å². The fraction of sp³-hybridized carbons (Fsp3) is 0.368. The summed E-state index contributed by atoms with van der Waals surface area (Å²) in [7, 11) is 1.65. The van der Waals surface area contributed by atoms with Crippen LogP contribution in [0.15, 0.2) is 48.1 Å². The van der Waals surface area contributed by atoms with Gasteiger partial charge in [-0.2, -0.15) is 0 Å². The van der Waals surface area contributed by atoms with Crippen molar-refractivity contribution < 1.29 is 9.84 Å². The summed E-state index contributed by atoms with van der Waals surface area (Å²) in [6.07, 6.45) is 10.7. The molecule has 21 heavy (non-hydrogen) atoms. The fourth-order valence-electron chi connectivity index (χ4n) is 2.64. The van der Waals surface area contributed by atoms with Gasteiger partial charge in [-0.3, -0.25) is 0 Å². The molecule has 0 aliphatic heterocycles. The van der Waals surface area contributed by atoms with Crippen LogP contribution in [0.4, 0.5) is 0 Å². The second-order valence-corrected chi connectivity index (χ2v) is 6.07. The van der Waals surface area contributed by atoms with E-state index in [-0.39, 0.29) is 5.41 Å². The van der Waals surface area contributed by atoms with E-state index >= 15 is 0 Å². The van der Waals surface area contributed by atoms with Crippen molar-refractivity contribution in [1.82, 2.24) is 0 Å². The first-order chi connectivity index (χ1) is 9.94. The summed E-state index contributed by atoms with van der Waals surface area (Å²) in [5.41, 5.74) is 2.93. The predicted octanol–water partition coefficient (Wildman–Crippen LogP) is 5.21. The Bertz CT molecular complexity index is 604. The van der Waals surface area contributed by atoms with Crippen molar-refractivity contribution in [3.8, 4) is 5.75 Å². The number of aliphatic hydroxyl groups excluding tert-OH is 1. The number of methoxy groups -OCH3 is 1. The van der Waals surface area contributed by atoms with Crippen LogP contribution in [-0.4, -0.2) is 12.2 Å². The molecule has 0 atom stereocenters. The summed E-state index contributed by atoms with van der Waals surface area (Å²) in [4.78, 5) is 0. The molecule has 0 saturated heterocycles. The number of ether oxygens (including phenoxy) is 1. The van der Waals surface area contributed by atoms with Crippen molar-refractivity contribution in [2.45, 2.75) is 33.6 Å². The highest BCUT2D eigenvalue weighted by Gasteiger charge is 2.21. The monoisotopic (exact) mass is 284 g/mol. The Morgan fingerprint density at radius 1 is 1.29 bits per heavy atom. The summed E-state index contributed by atoms with van der Waals surface area (Å²) in [6.45, 7) is 6.24. The second-order valence-electron chi connectivity index (χ2n) is 6.07. The van der Waals surface area contributed by atoms with E-state index in [0.717, 1.165) is 29.7 Å². The Labute approximate surface area is 127 Å². The lowest BCUT2D eigenvalue weighted by atomic mass is 9.80. The molecule has 0 unspecified atom stereocenters. The van der Waals surface area contributed by atoms with Crippen LogP contribution in [0.25, 0.3) is 5.76 Å². The molecule has 2 rings (SSSR count). The lowest BCUT2D eigenvalue weighted by Crippen LogP contribution is -2.12. The zero-order valence-corrected chi connectivity index (χ0v) is 13.3. The lowest BCUT2D eigenvalue weighted by molar-refractivity contribution is 0.414. The van der Waals surface area contributed by atoms with Gasteiger partial charge < -0.3 is 9.84 Å². The van der Waals surface area contributed by atoms with Gasteiger partial charge in [-0.05, 0) is 55.2 Å². The Balaban J connectivity index is 2.32. The van der Waals surface area contributed by atoms with Crippen LogP contribution in [0, 0.1) is 12.3 Å². The van der Waals surface area contributed by atoms with Crippen molar-refractivity contribution in [3.05, 3.63) is 59.2 Å². The van der Waals surface area contributed by atoms with E-state index in [1.807, 2.05) is 31.2 Å². The minimum absolute atomic E-state index is 0.187. The maximum absolute atomic E-state index is 10.5. The van der Waals surface area contributed by atoms with Gasteiger partial charge in [-0.25, -0.2) is 0 Å². The van der Waals surface area contributed by atoms with E-state index in [2.05, 4.69) is 32.1 Å². The number of aryl methyl sites for hydroxylation is 1. The molecule has 2 nitrogen and oxygen atoms in total. The second kappa shape index (κ2) is 6.21. The quantitative estimate of drug-likeness (QED) is 0.769. The standard InChI is InChI=1S/C19H24O2/c1-14-12-16(21-4)10-11-17(14)18(20)13-19(2,3)15-8-6-5-7-9-15/h6,8-13,20H,5,7H2,1-4H3/b18-13+. The zero-order chi connectivity index (χ0) is 15.5. The molecule has 1 aromatic carbocycles. The average Bonchev–Trinajstić information content (AvgIpc) is 2.47. The van der Waals surface area contributed by atoms with Crippen LogP contribution in [0.3, 0.4) is 0 Å². The SMILES string of the molecule is COc1ccc(/C(O)=C\C(C)(C)C2=CCCC=C2)c(C)c1.